The van der Waals surface area contributed by atoms with E-state index in [4.69, 9.17) is 29.2 Å². The average Bonchev–Trinajstić information content (AvgIpc) is 3.21. The van der Waals surface area contributed by atoms with Crippen molar-refractivity contribution in [2.45, 2.75) is 76.0 Å². The van der Waals surface area contributed by atoms with E-state index in [0.29, 0.717) is 5.56 Å². The average molecular weight is 527 g/mol. The van der Waals surface area contributed by atoms with E-state index < -0.39 is 65.9 Å². The zero-order chi connectivity index (χ0) is 27.5. The summed E-state index contributed by atoms with van der Waals surface area (Å²) in [7, 11) is 1.32. The molecule has 1 N–H and O–H groups in total. The number of rotatable bonds is 4. The predicted molar refractivity (Wildman–Crippen MR) is 125 cm³/mol. The minimum atomic E-state index is -2.16. The van der Waals surface area contributed by atoms with Crippen LogP contribution in [0.3, 0.4) is 0 Å². The lowest BCUT2D eigenvalue weighted by Gasteiger charge is -2.41. The van der Waals surface area contributed by atoms with Crippen LogP contribution in [0.2, 0.25) is 0 Å². The van der Waals surface area contributed by atoms with Gasteiger partial charge in [0.05, 0.1) is 48.5 Å². The van der Waals surface area contributed by atoms with Gasteiger partial charge in [-0.15, -0.1) is 0 Å². The van der Waals surface area contributed by atoms with Crippen molar-refractivity contribution < 1.29 is 48.0 Å². The van der Waals surface area contributed by atoms with E-state index in [1.54, 1.807) is 13.0 Å². The van der Waals surface area contributed by atoms with Crippen LogP contribution in [0.4, 0.5) is 0 Å². The van der Waals surface area contributed by atoms with Crippen molar-refractivity contribution >= 4 is 23.5 Å². The summed E-state index contributed by atoms with van der Waals surface area (Å²) < 4.78 is 27.9. The molecule has 0 spiro atoms. The van der Waals surface area contributed by atoms with E-state index in [9.17, 15) is 24.3 Å². The quantitative estimate of drug-likeness (QED) is 0.264. The van der Waals surface area contributed by atoms with Crippen LogP contribution >= 0.6 is 0 Å². The fraction of sp³-hybridized carbons (Fsp3) is 0.520. The normalized spacial score (nSPS) is 34.0. The Kier molecular flexibility index (Phi) is 6.27. The Bertz CT molecular complexity index is 1340. The van der Waals surface area contributed by atoms with E-state index in [1.807, 2.05) is 0 Å². The number of benzene rings is 1. The second-order valence-electron chi connectivity index (χ2n) is 9.72. The van der Waals surface area contributed by atoms with Gasteiger partial charge < -0.3 is 28.8 Å². The minimum absolute atomic E-state index is 0.0157. The number of aliphatic hydroxyl groups is 1. The van der Waals surface area contributed by atoms with E-state index in [0.717, 1.165) is 0 Å². The first-order valence-corrected chi connectivity index (χ1v) is 12.0. The maximum absolute atomic E-state index is 13.9. The highest BCUT2D eigenvalue weighted by molar-refractivity contribution is 6.29. The molecule has 5 rings (SSSR count). The number of ether oxygens (including phenoxy) is 5. The third kappa shape index (κ3) is 3.95. The second kappa shape index (κ2) is 9.21. The van der Waals surface area contributed by atoms with Crippen molar-refractivity contribution in [3.8, 4) is 5.75 Å². The number of ketones is 2. The molecule has 4 aliphatic rings. The summed E-state index contributed by atoms with van der Waals surface area (Å²) in [6.45, 7) is 4.13. The fourth-order valence-corrected chi connectivity index (χ4v) is 5.77. The Balaban J connectivity index is 1.59. The number of carbonyl (C=O) groups excluding carboxylic acids is 4. The summed E-state index contributed by atoms with van der Waals surface area (Å²) in [4.78, 5) is 53.9. The first-order valence-electron chi connectivity index (χ1n) is 12.0. The molecule has 2 saturated heterocycles. The standard InChI is InChI=1S/C25H25N3O10/c1-9-22(36-10(2)29)13(27-28-26)7-14(35-9)11-5-6-12-17(23(11)34-4)21(32)19-18(20(12)31)24-15(8-16(30)37-24)38-25(19,3)33/h5-6,9,13-15,22,24,33H,7-8H2,1-4H3/t9-,13+,14-,15-,22-,24+,25+/m1/s1. The molecule has 1 aromatic carbocycles. The number of methoxy groups -OCH3 is 1. The number of hydrogen-bond donors (Lipinski definition) is 1. The van der Waals surface area contributed by atoms with Crippen molar-refractivity contribution in [1.29, 1.82) is 0 Å². The highest BCUT2D eigenvalue weighted by Gasteiger charge is 2.56. The van der Waals surface area contributed by atoms with Gasteiger partial charge >= 0.3 is 11.9 Å². The molecule has 3 heterocycles. The molecule has 0 radical (unpaired) electrons. The Morgan fingerprint density at radius 3 is 2.66 bits per heavy atom. The van der Waals surface area contributed by atoms with Gasteiger partial charge in [0.1, 0.15) is 18.0 Å². The van der Waals surface area contributed by atoms with Crippen LogP contribution in [0.1, 0.15) is 66.0 Å². The third-order valence-electron chi connectivity index (χ3n) is 7.22. The molecule has 1 aliphatic carbocycles. The highest BCUT2D eigenvalue weighted by Crippen LogP contribution is 2.48. The number of azide groups is 1. The molecular formula is C25H25N3O10. The lowest BCUT2D eigenvalue weighted by molar-refractivity contribution is -0.206. The van der Waals surface area contributed by atoms with Gasteiger partial charge in [-0.2, -0.15) is 0 Å². The summed E-state index contributed by atoms with van der Waals surface area (Å²) in [6.07, 6.45) is -4.34. The molecule has 3 aliphatic heterocycles. The van der Waals surface area contributed by atoms with Gasteiger partial charge in [0.15, 0.2) is 23.5 Å². The Morgan fingerprint density at radius 2 is 2.00 bits per heavy atom. The molecule has 200 valence electrons. The lowest BCUT2D eigenvalue weighted by Crippen LogP contribution is -2.51. The topological polar surface area (TPSA) is 183 Å². The Labute approximate surface area is 216 Å². The first-order chi connectivity index (χ1) is 18.0. The molecule has 13 nitrogen and oxygen atoms in total. The summed E-state index contributed by atoms with van der Waals surface area (Å²) in [6, 6.07) is 2.24. The van der Waals surface area contributed by atoms with Crippen molar-refractivity contribution in [2.24, 2.45) is 5.11 Å². The lowest BCUT2D eigenvalue weighted by atomic mass is 9.75. The molecule has 0 bridgehead atoms. The number of fused-ring (bicyclic) bond motifs is 3. The predicted octanol–water partition coefficient (Wildman–Crippen LogP) is 2.25. The summed E-state index contributed by atoms with van der Waals surface area (Å²) in [5.74, 6) is -4.58. The first kappa shape index (κ1) is 25.9. The van der Waals surface area contributed by atoms with Crippen LogP contribution in [-0.4, -0.2) is 72.0 Å². The largest absolute Gasteiger partial charge is 0.496 e. The zero-order valence-corrected chi connectivity index (χ0v) is 21.0. The molecule has 1 aromatic rings. The Hall–Kier alpha value is -3.77. The van der Waals surface area contributed by atoms with Crippen molar-refractivity contribution in [3.63, 3.8) is 0 Å². The van der Waals surface area contributed by atoms with Crippen molar-refractivity contribution in [2.75, 3.05) is 7.11 Å². The molecule has 7 atom stereocenters. The second-order valence-corrected chi connectivity index (χ2v) is 9.72. The molecular weight excluding hydrogens is 502 g/mol. The molecule has 0 aromatic heterocycles. The van der Waals surface area contributed by atoms with Crippen LogP contribution in [0.15, 0.2) is 28.4 Å². The van der Waals surface area contributed by atoms with Gasteiger partial charge in [-0.25, -0.2) is 0 Å². The van der Waals surface area contributed by atoms with Crippen LogP contribution in [0.25, 0.3) is 10.4 Å². The van der Waals surface area contributed by atoms with Crippen molar-refractivity contribution in [3.05, 3.63) is 50.4 Å². The van der Waals surface area contributed by atoms with Gasteiger partial charge in [-0.3, -0.25) is 19.2 Å². The van der Waals surface area contributed by atoms with E-state index >= 15 is 0 Å². The summed E-state index contributed by atoms with van der Waals surface area (Å²) in [5.41, 5.74) is 8.96. The van der Waals surface area contributed by atoms with Gasteiger partial charge in [-0.05, 0) is 31.9 Å². The van der Waals surface area contributed by atoms with Gasteiger partial charge in [0.25, 0.3) is 0 Å². The number of nitrogens with zero attached hydrogens (tertiary/aromatic N) is 3. The number of esters is 2. The summed E-state index contributed by atoms with van der Waals surface area (Å²) >= 11 is 0. The van der Waals surface area contributed by atoms with E-state index in [-0.39, 0.29) is 40.9 Å². The SMILES string of the molecule is COc1c([C@H]2C[C@H](N=[N+]=[N-])[C@H](OC(C)=O)[C@@H](C)O2)ccc2c1C(=O)C1=C(C2=O)[C@H]2OC(=O)C[C@H]2O[C@]1(C)O. The van der Waals surface area contributed by atoms with Crippen LogP contribution in [-0.2, 0) is 28.5 Å². The number of hydrogen-bond acceptors (Lipinski definition) is 11. The fourth-order valence-electron chi connectivity index (χ4n) is 5.77. The molecule has 0 saturated carbocycles. The maximum atomic E-state index is 13.9. The molecule has 38 heavy (non-hydrogen) atoms. The van der Waals surface area contributed by atoms with Gasteiger partial charge in [0, 0.05) is 23.0 Å². The highest BCUT2D eigenvalue weighted by atomic mass is 16.7. The molecule has 13 heteroatoms. The zero-order valence-electron chi connectivity index (χ0n) is 21.0. The van der Waals surface area contributed by atoms with Crippen LogP contribution in [0, 0.1) is 0 Å². The van der Waals surface area contributed by atoms with Crippen molar-refractivity contribution in [1.82, 2.24) is 0 Å². The van der Waals surface area contributed by atoms with E-state index in [1.165, 1.54) is 27.0 Å². The Morgan fingerprint density at radius 1 is 1.26 bits per heavy atom. The maximum Gasteiger partial charge on any atom is 0.309 e. The third-order valence-corrected chi connectivity index (χ3v) is 7.22. The van der Waals surface area contributed by atoms with Gasteiger partial charge in [-0.1, -0.05) is 11.2 Å². The van der Waals surface area contributed by atoms with E-state index in [2.05, 4.69) is 10.0 Å². The smallest absolute Gasteiger partial charge is 0.309 e. The molecule has 0 unspecified atom stereocenters. The number of Topliss-reactive ketones (excluding diaryl/α,β-unsaturated/α-hetero) is 2. The number of carbonyl (C=O) groups is 4. The molecule has 2 fully saturated rings. The minimum Gasteiger partial charge on any atom is -0.496 e. The van der Waals surface area contributed by atoms with Crippen LogP contribution in [0.5, 0.6) is 5.75 Å². The molecule has 0 amide bonds. The van der Waals surface area contributed by atoms with Crippen LogP contribution < -0.4 is 4.74 Å². The monoisotopic (exact) mass is 527 g/mol. The van der Waals surface area contributed by atoms with Gasteiger partial charge in [0.2, 0.25) is 0 Å². The summed E-state index contributed by atoms with van der Waals surface area (Å²) in [5, 5.41) is 14.8.